The van der Waals surface area contributed by atoms with Crippen LogP contribution in [0.4, 0.5) is 4.39 Å². The number of hydrogen-bond donors (Lipinski definition) is 0. The van der Waals surface area contributed by atoms with Crippen LogP contribution in [0.25, 0.3) is 0 Å². The van der Waals surface area contributed by atoms with Crippen molar-refractivity contribution in [2.24, 2.45) is 5.92 Å². The number of carbonyl (C=O) groups excluding carboxylic acids is 1. The zero-order valence-electron chi connectivity index (χ0n) is 18.5. The number of nitrogens with zero attached hydrogens (tertiary/aromatic N) is 2. The summed E-state index contributed by atoms with van der Waals surface area (Å²) in [7, 11) is 3.13. The van der Waals surface area contributed by atoms with Crippen LogP contribution in [0.15, 0.2) is 60.8 Å². The van der Waals surface area contributed by atoms with Crippen LogP contribution in [0.5, 0.6) is 11.5 Å². The average molecular weight is 425 g/mol. The molecule has 0 aliphatic carbocycles. The van der Waals surface area contributed by atoms with Crippen molar-refractivity contribution < 1.29 is 18.7 Å². The van der Waals surface area contributed by atoms with Crippen LogP contribution in [-0.4, -0.2) is 36.1 Å². The Kier molecular flexibility index (Phi) is 7.34. The maximum Gasteiger partial charge on any atom is 0.254 e. The van der Waals surface area contributed by atoms with Crippen LogP contribution < -0.4 is 9.47 Å². The first-order valence-electron chi connectivity index (χ1n) is 10.3. The fourth-order valence-corrected chi connectivity index (χ4v) is 3.55. The molecule has 0 aliphatic rings. The summed E-state index contributed by atoms with van der Waals surface area (Å²) >= 11 is 0. The summed E-state index contributed by atoms with van der Waals surface area (Å²) in [6, 6.07) is 15.7. The molecule has 0 bridgehead atoms. The standard InChI is InChI=1S/C25H29FN2O3/c1-18(2)15-28(25(29)20-12-23(30-3)14-24(13-20)31-4)17-22-9-6-10-27(22)16-19-7-5-8-21(26)11-19/h5-14,18H,15-17H2,1-4H3. The highest BCUT2D eigenvalue weighted by molar-refractivity contribution is 5.95. The Balaban J connectivity index is 1.86. The fourth-order valence-electron chi connectivity index (χ4n) is 3.55. The third-order valence-corrected chi connectivity index (χ3v) is 4.99. The number of methoxy groups -OCH3 is 2. The first kappa shape index (κ1) is 22.4. The lowest BCUT2D eigenvalue weighted by atomic mass is 10.1. The van der Waals surface area contributed by atoms with Crippen LogP contribution >= 0.6 is 0 Å². The van der Waals surface area contributed by atoms with Gasteiger partial charge in [-0.3, -0.25) is 4.79 Å². The van der Waals surface area contributed by atoms with Crippen LogP contribution in [0.2, 0.25) is 0 Å². The van der Waals surface area contributed by atoms with Gasteiger partial charge in [0, 0.05) is 36.6 Å². The fraction of sp³-hybridized carbons (Fsp3) is 0.320. The van der Waals surface area contributed by atoms with Gasteiger partial charge in [-0.1, -0.05) is 26.0 Å². The minimum Gasteiger partial charge on any atom is -0.497 e. The molecule has 0 spiro atoms. The van der Waals surface area contributed by atoms with Crippen molar-refractivity contribution in [2.75, 3.05) is 20.8 Å². The lowest BCUT2D eigenvalue weighted by Gasteiger charge is -2.26. The topological polar surface area (TPSA) is 43.7 Å². The number of amides is 1. The maximum atomic E-state index is 13.6. The largest absolute Gasteiger partial charge is 0.497 e. The van der Waals surface area contributed by atoms with Crippen molar-refractivity contribution in [1.82, 2.24) is 9.47 Å². The molecular formula is C25H29FN2O3. The Hall–Kier alpha value is -3.28. The number of halogens is 1. The number of ether oxygens (including phenoxy) is 2. The predicted octanol–water partition coefficient (Wildman–Crippen LogP) is 4.99. The van der Waals surface area contributed by atoms with Crippen LogP contribution in [-0.2, 0) is 13.1 Å². The van der Waals surface area contributed by atoms with Gasteiger partial charge < -0.3 is 18.9 Å². The molecular weight excluding hydrogens is 395 g/mol. The van der Waals surface area contributed by atoms with Gasteiger partial charge in [0.15, 0.2) is 0 Å². The van der Waals surface area contributed by atoms with Crippen molar-refractivity contribution in [3.63, 3.8) is 0 Å². The van der Waals surface area contributed by atoms with E-state index in [1.165, 1.54) is 12.1 Å². The van der Waals surface area contributed by atoms with Crippen molar-refractivity contribution in [2.45, 2.75) is 26.9 Å². The van der Waals surface area contributed by atoms with E-state index in [4.69, 9.17) is 9.47 Å². The summed E-state index contributed by atoms with van der Waals surface area (Å²) in [6.45, 7) is 5.75. The molecule has 3 aromatic rings. The van der Waals surface area contributed by atoms with Crippen LogP contribution in [0, 0.1) is 11.7 Å². The van der Waals surface area contributed by atoms with Gasteiger partial charge in [-0.2, -0.15) is 0 Å². The molecule has 0 unspecified atom stereocenters. The van der Waals surface area contributed by atoms with Gasteiger partial charge in [-0.05, 0) is 47.9 Å². The molecule has 3 rings (SSSR count). The summed E-state index contributed by atoms with van der Waals surface area (Å²) in [6.07, 6.45) is 1.95. The van der Waals surface area contributed by atoms with Gasteiger partial charge in [-0.25, -0.2) is 4.39 Å². The van der Waals surface area contributed by atoms with E-state index in [1.54, 1.807) is 38.5 Å². The molecule has 0 saturated carbocycles. The Morgan fingerprint density at radius 1 is 1.03 bits per heavy atom. The second-order valence-electron chi connectivity index (χ2n) is 7.94. The second-order valence-corrected chi connectivity index (χ2v) is 7.94. The predicted molar refractivity (Wildman–Crippen MR) is 119 cm³/mol. The zero-order valence-corrected chi connectivity index (χ0v) is 18.5. The molecule has 0 N–H and O–H groups in total. The zero-order chi connectivity index (χ0) is 22.4. The lowest BCUT2D eigenvalue weighted by molar-refractivity contribution is 0.0718. The Labute approximate surface area is 183 Å². The van der Waals surface area contributed by atoms with Gasteiger partial charge in [0.2, 0.25) is 0 Å². The van der Waals surface area contributed by atoms with Crippen molar-refractivity contribution in [3.05, 3.63) is 83.4 Å². The Morgan fingerprint density at radius 2 is 1.74 bits per heavy atom. The summed E-state index contributed by atoms with van der Waals surface area (Å²) in [5.41, 5.74) is 2.37. The first-order chi connectivity index (χ1) is 14.9. The van der Waals surface area contributed by atoms with Crippen LogP contribution in [0.1, 0.15) is 35.5 Å². The minimum atomic E-state index is -0.255. The monoisotopic (exact) mass is 424 g/mol. The van der Waals surface area contributed by atoms with Crippen molar-refractivity contribution >= 4 is 5.91 Å². The quantitative estimate of drug-likeness (QED) is 0.486. The maximum absolute atomic E-state index is 13.6. The number of carbonyl (C=O) groups is 1. The highest BCUT2D eigenvalue weighted by Crippen LogP contribution is 2.24. The third kappa shape index (κ3) is 5.87. The lowest BCUT2D eigenvalue weighted by Crippen LogP contribution is -2.34. The molecule has 5 nitrogen and oxygen atoms in total. The summed E-state index contributed by atoms with van der Waals surface area (Å²) in [4.78, 5) is 15.2. The molecule has 0 aliphatic heterocycles. The minimum absolute atomic E-state index is 0.0931. The molecule has 0 radical (unpaired) electrons. The molecule has 1 aromatic heterocycles. The first-order valence-corrected chi connectivity index (χ1v) is 10.3. The number of rotatable bonds is 9. The van der Waals surface area contributed by atoms with Gasteiger partial charge in [0.1, 0.15) is 17.3 Å². The molecule has 1 amide bonds. The summed E-state index contributed by atoms with van der Waals surface area (Å²) in [5.74, 6) is 1.09. The molecule has 0 saturated heterocycles. The van der Waals surface area contributed by atoms with E-state index in [9.17, 15) is 9.18 Å². The molecule has 0 fully saturated rings. The SMILES string of the molecule is COc1cc(OC)cc(C(=O)N(Cc2cccn2Cc2cccc(F)c2)CC(C)C)c1. The number of benzene rings is 2. The van der Waals surface area contributed by atoms with E-state index >= 15 is 0 Å². The molecule has 31 heavy (non-hydrogen) atoms. The Bertz CT molecular complexity index is 1010. The smallest absolute Gasteiger partial charge is 0.254 e. The number of hydrogen-bond acceptors (Lipinski definition) is 3. The number of aromatic nitrogens is 1. The normalized spacial score (nSPS) is 10.9. The van der Waals surface area contributed by atoms with Gasteiger partial charge in [0.25, 0.3) is 5.91 Å². The third-order valence-electron chi connectivity index (χ3n) is 4.99. The van der Waals surface area contributed by atoms with E-state index in [0.717, 1.165) is 11.3 Å². The highest BCUT2D eigenvalue weighted by atomic mass is 19.1. The van der Waals surface area contributed by atoms with E-state index in [1.807, 2.05) is 33.9 Å². The van der Waals surface area contributed by atoms with Gasteiger partial charge in [0.05, 0.1) is 20.8 Å². The van der Waals surface area contributed by atoms with E-state index in [-0.39, 0.29) is 11.7 Å². The molecule has 0 atom stereocenters. The molecule has 2 aromatic carbocycles. The van der Waals surface area contributed by atoms with Crippen molar-refractivity contribution in [1.29, 1.82) is 0 Å². The second kappa shape index (κ2) is 10.2. The Morgan fingerprint density at radius 3 is 2.35 bits per heavy atom. The molecule has 1 heterocycles. The van der Waals surface area contributed by atoms with E-state index in [2.05, 4.69) is 13.8 Å². The van der Waals surface area contributed by atoms with E-state index < -0.39 is 0 Å². The summed E-state index contributed by atoms with van der Waals surface area (Å²) < 4.78 is 26.3. The van der Waals surface area contributed by atoms with Crippen LogP contribution in [0.3, 0.4) is 0 Å². The molecule has 164 valence electrons. The highest BCUT2D eigenvalue weighted by Gasteiger charge is 2.20. The summed E-state index contributed by atoms with van der Waals surface area (Å²) in [5, 5.41) is 0. The van der Waals surface area contributed by atoms with Gasteiger partial charge in [-0.15, -0.1) is 0 Å². The van der Waals surface area contributed by atoms with E-state index in [0.29, 0.717) is 42.6 Å². The average Bonchev–Trinajstić information content (AvgIpc) is 3.18. The van der Waals surface area contributed by atoms with Gasteiger partial charge >= 0.3 is 0 Å². The van der Waals surface area contributed by atoms with Crippen molar-refractivity contribution in [3.8, 4) is 11.5 Å². The molecule has 6 heteroatoms.